The molecule has 0 radical (unpaired) electrons. The van der Waals surface area contributed by atoms with Crippen LogP contribution >= 0.6 is 23.6 Å². The molecule has 4 aromatic rings. The molecule has 0 bridgehead atoms. The van der Waals surface area contributed by atoms with Crippen LogP contribution in [0.1, 0.15) is 24.2 Å². The van der Waals surface area contributed by atoms with Gasteiger partial charge in [-0.05, 0) is 50.3 Å². The Labute approximate surface area is 168 Å². The lowest BCUT2D eigenvalue weighted by Crippen LogP contribution is -2.37. The van der Waals surface area contributed by atoms with Crippen molar-refractivity contribution >= 4 is 45.6 Å². The highest BCUT2D eigenvalue weighted by atomic mass is 32.1. The van der Waals surface area contributed by atoms with Crippen LogP contribution in [0.4, 0.5) is 5.82 Å². The molecule has 0 saturated heterocycles. The number of nitrogens with zero attached hydrogens (tertiary/aromatic N) is 2. The number of thiazole rings is 1. The first-order chi connectivity index (χ1) is 13.4. The van der Waals surface area contributed by atoms with Crippen molar-refractivity contribution in [3.8, 4) is 11.3 Å². The van der Waals surface area contributed by atoms with E-state index in [2.05, 4.69) is 15.1 Å². The van der Waals surface area contributed by atoms with Crippen LogP contribution in [0.25, 0.3) is 21.7 Å². The van der Waals surface area contributed by atoms with E-state index in [4.69, 9.17) is 16.7 Å². The number of anilines is 1. The first-order valence-corrected chi connectivity index (χ1v) is 9.77. The van der Waals surface area contributed by atoms with E-state index in [1.165, 1.54) is 17.4 Å². The number of carbonyl (C=O) groups is 1. The Morgan fingerprint density at radius 3 is 2.61 bits per heavy atom. The van der Waals surface area contributed by atoms with Gasteiger partial charge in [0.2, 0.25) is 0 Å². The fourth-order valence-electron chi connectivity index (χ4n) is 2.91. The number of rotatable bonds is 4. The standard InChI is InChI=1S/C19H16N4O3S2/c1-10(2)23(15-8-7-13-17(21-15)28-19(27)20-13)18(25)12-5-3-11(4-6-12)14-9-16(24)22-26-14/h3-10H,1-2H3,(H,20,27)(H,22,24). The van der Waals surface area contributed by atoms with Gasteiger partial charge in [-0.25, -0.2) is 4.98 Å². The highest BCUT2D eigenvalue weighted by Gasteiger charge is 2.22. The predicted molar refractivity (Wildman–Crippen MR) is 112 cm³/mol. The normalized spacial score (nSPS) is 11.2. The number of nitrogens with one attached hydrogen (secondary N) is 2. The summed E-state index contributed by atoms with van der Waals surface area (Å²) in [7, 11) is 0. The fraction of sp³-hybridized carbons (Fsp3) is 0.158. The summed E-state index contributed by atoms with van der Waals surface area (Å²) in [5.74, 6) is 0.826. The molecule has 28 heavy (non-hydrogen) atoms. The third-order valence-electron chi connectivity index (χ3n) is 4.19. The van der Waals surface area contributed by atoms with Gasteiger partial charge in [-0.3, -0.25) is 14.5 Å². The van der Waals surface area contributed by atoms with Crippen molar-refractivity contribution in [3.63, 3.8) is 0 Å². The molecule has 0 spiro atoms. The maximum Gasteiger partial charge on any atom is 0.280 e. The van der Waals surface area contributed by atoms with Crippen molar-refractivity contribution in [2.75, 3.05) is 4.90 Å². The van der Waals surface area contributed by atoms with E-state index in [0.29, 0.717) is 26.7 Å². The molecule has 1 aromatic carbocycles. The number of benzene rings is 1. The largest absolute Gasteiger partial charge is 0.378 e. The second-order valence-corrected chi connectivity index (χ2v) is 8.13. The number of amides is 1. The number of H-pyrrole nitrogens is 2. The second-order valence-electron chi connectivity index (χ2n) is 6.46. The first kappa shape index (κ1) is 18.3. The zero-order valence-corrected chi connectivity index (χ0v) is 16.7. The smallest absolute Gasteiger partial charge is 0.280 e. The molecular formula is C19H16N4O3S2. The third-order valence-corrected chi connectivity index (χ3v) is 5.34. The Balaban J connectivity index is 1.68. The number of hydrogen-bond donors (Lipinski definition) is 2. The zero-order valence-electron chi connectivity index (χ0n) is 15.1. The Morgan fingerprint density at radius 1 is 1.21 bits per heavy atom. The van der Waals surface area contributed by atoms with E-state index >= 15 is 0 Å². The van der Waals surface area contributed by atoms with Crippen LogP contribution in [-0.2, 0) is 0 Å². The first-order valence-electron chi connectivity index (χ1n) is 8.55. The van der Waals surface area contributed by atoms with Crippen molar-refractivity contribution < 1.29 is 9.32 Å². The Kier molecular flexibility index (Phi) is 4.70. The van der Waals surface area contributed by atoms with Gasteiger partial charge in [-0.1, -0.05) is 23.5 Å². The second kappa shape index (κ2) is 7.17. The highest BCUT2D eigenvalue weighted by Crippen LogP contribution is 2.25. The van der Waals surface area contributed by atoms with Gasteiger partial charge in [0.25, 0.3) is 11.5 Å². The van der Waals surface area contributed by atoms with E-state index in [9.17, 15) is 9.59 Å². The molecule has 0 atom stereocenters. The van der Waals surface area contributed by atoms with Crippen LogP contribution < -0.4 is 10.5 Å². The van der Waals surface area contributed by atoms with Gasteiger partial charge in [0, 0.05) is 17.2 Å². The van der Waals surface area contributed by atoms with Gasteiger partial charge in [-0.2, -0.15) is 5.16 Å². The van der Waals surface area contributed by atoms with Gasteiger partial charge in [0.05, 0.1) is 11.6 Å². The van der Waals surface area contributed by atoms with Crippen molar-refractivity contribution in [1.82, 2.24) is 15.1 Å². The summed E-state index contributed by atoms with van der Waals surface area (Å²) in [5, 5.41) is 2.25. The van der Waals surface area contributed by atoms with E-state index in [0.717, 1.165) is 10.3 Å². The summed E-state index contributed by atoms with van der Waals surface area (Å²) >= 11 is 6.54. The monoisotopic (exact) mass is 412 g/mol. The molecule has 7 nitrogen and oxygen atoms in total. The molecule has 0 saturated carbocycles. The van der Waals surface area contributed by atoms with E-state index < -0.39 is 0 Å². The molecule has 0 aliphatic rings. The Morgan fingerprint density at radius 2 is 1.96 bits per heavy atom. The minimum Gasteiger partial charge on any atom is -0.378 e. The lowest BCUT2D eigenvalue weighted by atomic mass is 10.1. The van der Waals surface area contributed by atoms with Crippen molar-refractivity contribution in [2.24, 2.45) is 0 Å². The van der Waals surface area contributed by atoms with Crippen molar-refractivity contribution in [2.45, 2.75) is 19.9 Å². The van der Waals surface area contributed by atoms with Gasteiger partial charge >= 0.3 is 0 Å². The van der Waals surface area contributed by atoms with E-state index in [1.54, 1.807) is 35.2 Å². The summed E-state index contributed by atoms with van der Waals surface area (Å²) in [6.45, 7) is 3.87. The number of pyridine rings is 1. The summed E-state index contributed by atoms with van der Waals surface area (Å²) in [6, 6.07) is 11.9. The summed E-state index contributed by atoms with van der Waals surface area (Å²) in [5.41, 5.74) is 1.76. The maximum absolute atomic E-state index is 13.2. The van der Waals surface area contributed by atoms with Crippen LogP contribution in [0.2, 0.25) is 0 Å². The highest BCUT2D eigenvalue weighted by molar-refractivity contribution is 7.73. The predicted octanol–water partition coefficient (Wildman–Crippen LogP) is 4.36. The van der Waals surface area contributed by atoms with Gasteiger partial charge in [0.15, 0.2) is 9.71 Å². The van der Waals surface area contributed by atoms with Crippen LogP contribution in [-0.4, -0.2) is 27.1 Å². The summed E-state index contributed by atoms with van der Waals surface area (Å²) in [4.78, 5) is 34.5. The molecule has 1 amide bonds. The molecule has 0 fully saturated rings. The lowest BCUT2D eigenvalue weighted by Gasteiger charge is -2.26. The fourth-order valence-corrected chi connectivity index (χ4v) is 3.96. The van der Waals surface area contributed by atoms with Crippen LogP contribution in [0, 0.1) is 3.95 Å². The summed E-state index contributed by atoms with van der Waals surface area (Å²) < 4.78 is 5.74. The van der Waals surface area contributed by atoms with Gasteiger partial charge in [-0.15, -0.1) is 0 Å². The van der Waals surface area contributed by atoms with Crippen LogP contribution in [0.3, 0.4) is 0 Å². The number of fused-ring (bicyclic) bond motifs is 1. The molecule has 3 aromatic heterocycles. The average molecular weight is 412 g/mol. The molecule has 0 aliphatic carbocycles. The van der Waals surface area contributed by atoms with Crippen molar-refractivity contribution in [1.29, 1.82) is 0 Å². The number of aromatic nitrogens is 3. The molecular weight excluding hydrogens is 396 g/mol. The maximum atomic E-state index is 13.2. The van der Waals surface area contributed by atoms with Crippen LogP contribution in [0.5, 0.6) is 0 Å². The Hall–Kier alpha value is -3.04. The molecule has 3 heterocycles. The third kappa shape index (κ3) is 3.41. The molecule has 2 N–H and O–H groups in total. The molecule has 0 aliphatic heterocycles. The average Bonchev–Trinajstić information content (AvgIpc) is 3.26. The number of aromatic amines is 2. The lowest BCUT2D eigenvalue weighted by molar-refractivity contribution is 0.0979. The minimum absolute atomic E-state index is 0.0910. The SMILES string of the molecule is CC(C)N(C(=O)c1ccc(-c2cc(=O)[nH]o2)cc1)c1ccc2[nH]c(=S)sc2n1. The van der Waals surface area contributed by atoms with Gasteiger partial charge in [0.1, 0.15) is 10.6 Å². The van der Waals surface area contributed by atoms with Gasteiger partial charge < -0.3 is 9.51 Å². The molecule has 142 valence electrons. The molecule has 4 rings (SSSR count). The number of hydrogen-bond acceptors (Lipinski definition) is 6. The van der Waals surface area contributed by atoms with E-state index in [-0.39, 0.29) is 17.5 Å². The zero-order chi connectivity index (χ0) is 19.8. The molecule has 9 heteroatoms. The molecule has 0 unspecified atom stereocenters. The van der Waals surface area contributed by atoms with E-state index in [1.807, 2.05) is 19.9 Å². The quantitative estimate of drug-likeness (QED) is 0.486. The summed E-state index contributed by atoms with van der Waals surface area (Å²) in [6.07, 6.45) is 0. The van der Waals surface area contributed by atoms with Crippen molar-refractivity contribution in [3.05, 3.63) is 62.3 Å². The number of carbonyl (C=O) groups excluding carboxylic acids is 1. The topological polar surface area (TPSA) is 95.0 Å². The Bertz CT molecular complexity index is 1260. The minimum atomic E-state index is -0.310. The van der Waals surface area contributed by atoms with Crippen LogP contribution in [0.15, 0.2) is 51.8 Å².